The molecule has 0 aliphatic carbocycles. The zero-order chi connectivity index (χ0) is 19.3. The van der Waals surface area contributed by atoms with E-state index < -0.39 is 10.0 Å². The standard InChI is InChI=1S/C19H13N3O4S2/c23-18-17(19-21-14-4-1-2-5-15(14)26-19)12-10-11(7-8-13(12)20-18)22-28(24,25)16-6-3-9-27-16/h1-10,20,22-23H. The highest BCUT2D eigenvalue weighted by Gasteiger charge is 2.20. The van der Waals surface area contributed by atoms with Crippen LogP contribution in [0.3, 0.4) is 0 Å². The lowest BCUT2D eigenvalue weighted by Gasteiger charge is -2.06. The van der Waals surface area contributed by atoms with Crippen LogP contribution < -0.4 is 4.72 Å². The van der Waals surface area contributed by atoms with Crippen LogP contribution in [0.2, 0.25) is 0 Å². The first-order valence-corrected chi connectivity index (χ1v) is 10.6. The zero-order valence-corrected chi connectivity index (χ0v) is 15.8. The van der Waals surface area contributed by atoms with E-state index in [1.807, 2.05) is 18.2 Å². The van der Waals surface area contributed by atoms with E-state index in [0.717, 1.165) is 11.3 Å². The van der Waals surface area contributed by atoms with E-state index in [2.05, 4.69) is 14.7 Å². The summed E-state index contributed by atoms with van der Waals surface area (Å²) in [6.07, 6.45) is 0. The fraction of sp³-hybridized carbons (Fsp3) is 0. The van der Waals surface area contributed by atoms with Crippen molar-refractivity contribution in [2.75, 3.05) is 4.72 Å². The van der Waals surface area contributed by atoms with Crippen LogP contribution in [-0.4, -0.2) is 23.5 Å². The van der Waals surface area contributed by atoms with E-state index in [1.54, 1.807) is 35.7 Å². The van der Waals surface area contributed by atoms with Gasteiger partial charge in [0.1, 0.15) is 15.3 Å². The highest BCUT2D eigenvalue weighted by Crippen LogP contribution is 2.38. The van der Waals surface area contributed by atoms with Crippen molar-refractivity contribution in [2.24, 2.45) is 0 Å². The second-order valence-electron chi connectivity index (χ2n) is 6.13. The van der Waals surface area contributed by atoms with Crippen LogP contribution in [0, 0.1) is 0 Å². The number of sulfonamides is 1. The van der Waals surface area contributed by atoms with Crippen LogP contribution in [0.25, 0.3) is 33.5 Å². The number of aromatic nitrogens is 2. The fourth-order valence-electron chi connectivity index (χ4n) is 3.06. The normalized spacial score (nSPS) is 12.0. The molecular formula is C19H13N3O4S2. The molecule has 0 aliphatic heterocycles. The third kappa shape index (κ3) is 2.72. The van der Waals surface area contributed by atoms with Crippen LogP contribution in [0.4, 0.5) is 5.69 Å². The summed E-state index contributed by atoms with van der Waals surface area (Å²) in [6.45, 7) is 0. The summed E-state index contributed by atoms with van der Waals surface area (Å²) in [6, 6.07) is 15.5. The third-order valence-electron chi connectivity index (χ3n) is 4.30. The Morgan fingerprint density at radius 1 is 1.11 bits per heavy atom. The number of nitrogens with zero attached hydrogens (tertiary/aromatic N) is 1. The van der Waals surface area contributed by atoms with Gasteiger partial charge in [0.05, 0.1) is 0 Å². The predicted molar refractivity (Wildman–Crippen MR) is 108 cm³/mol. The van der Waals surface area contributed by atoms with E-state index in [4.69, 9.17) is 4.42 Å². The molecule has 0 atom stereocenters. The van der Waals surface area contributed by atoms with Crippen molar-refractivity contribution >= 4 is 49.1 Å². The molecule has 0 radical (unpaired) electrons. The fourth-order valence-corrected chi connectivity index (χ4v) is 5.10. The second-order valence-corrected chi connectivity index (χ2v) is 8.99. The van der Waals surface area contributed by atoms with E-state index in [9.17, 15) is 13.5 Å². The number of hydrogen-bond acceptors (Lipinski definition) is 6. The molecule has 3 heterocycles. The lowest BCUT2D eigenvalue weighted by Crippen LogP contribution is -2.11. The number of hydrogen-bond donors (Lipinski definition) is 3. The Morgan fingerprint density at radius 2 is 1.96 bits per heavy atom. The highest BCUT2D eigenvalue weighted by molar-refractivity contribution is 7.94. The monoisotopic (exact) mass is 411 g/mol. The van der Waals surface area contributed by atoms with E-state index >= 15 is 0 Å². The summed E-state index contributed by atoms with van der Waals surface area (Å²) in [7, 11) is -3.67. The van der Waals surface area contributed by atoms with Gasteiger partial charge in [0, 0.05) is 16.6 Å². The van der Waals surface area contributed by atoms with Gasteiger partial charge in [0.25, 0.3) is 10.0 Å². The molecule has 5 rings (SSSR count). The summed E-state index contributed by atoms with van der Waals surface area (Å²) in [5.41, 5.74) is 2.65. The summed E-state index contributed by atoms with van der Waals surface area (Å²) >= 11 is 1.14. The van der Waals surface area contributed by atoms with Gasteiger partial charge in [-0.05, 0) is 41.8 Å². The second kappa shape index (κ2) is 6.11. The Morgan fingerprint density at radius 3 is 2.75 bits per heavy atom. The molecule has 28 heavy (non-hydrogen) atoms. The minimum Gasteiger partial charge on any atom is -0.494 e. The number of para-hydroxylation sites is 2. The van der Waals surface area contributed by atoms with Gasteiger partial charge in [0.15, 0.2) is 5.58 Å². The number of aromatic amines is 1. The van der Waals surface area contributed by atoms with Gasteiger partial charge in [-0.2, -0.15) is 0 Å². The average Bonchev–Trinajstić information content (AvgIpc) is 3.38. The molecule has 0 spiro atoms. The quantitative estimate of drug-likeness (QED) is 0.402. The van der Waals surface area contributed by atoms with Crippen molar-refractivity contribution in [2.45, 2.75) is 4.21 Å². The molecular weight excluding hydrogens is 398 g/mol. The Hall–Kier alpha value is -3.30. The van der Waals surface area contributed by atoms with Crippen LogP contribution >= 0.6 is 11.3 Å². The summed E-state index contributed by atoms with van der Waals surface area (Å²) < 4.78 is 33.5. The van der Waals surface area contributed by atoms with Crippen LogP contribution in [-0.2, 0) is 10.0 Å². The molecule has 7 nitrogen and oxygen atoms in total. The Balaban J connectivity index is 1.62. The largest absolute Gasteiger partial charge is 0.494 e. The van der Waals surface area contributed by atoms with Crippen LogP contribution in [0.5, 0.6) is 5.88 Å². The van der Waals surface area contributed by atoms with Gasteiger partial charge in [-0.1, -0.05) is 18.2 Å². The number of rotatable bonds is 4. The molecule has 2 aromatic carbocycles. The number of oxazole rings is 1. The molecule has 140 valence electrons. The van der Waals surface area contributed by atoms with Crippen molar-refractivity contribution < 1.29 is 17.9 Å². The molecule has 0 saturated carbocycles. The van der Waals surface area contributed by atoms with Gasteiger partial charge < -0.3 is 14.5 Å². The van der Waals surface area contributed by atoms with Crippen LogP contribution in [0.1, 0.15) is 0 Å². The molecule has 0 aliphatic rings. The number of H-pyrrole nitrogens is 1. The van der Waals surface area contributed by atoms with Crippen molar-refractivity contribution in [3.63, 3.8) is 0 Å². The minimum absolute atomic E-state index is 0.0974. The molecule has 0 fully saturated rings. The van der Waals surface area contributed by atoms with Crippen molar-refractivity contribution in [3.05, 3.63) is 60.0 Å². The molecule has 3 N–H and O–H groups in total. The first-order valence-electron chi connectivity index (χ1n) is 8.28. The maximum Gasteiger partial charge on any atom is 0.271 e. The molecule has 0 unspecified atom stereocenters. The third-order valence-corrected chi connectivity index (χ3v) is 7.08. The number of benzene rings is 2. The van der Waals surface area contributed by atoms with Crippen molar-refractivity contribution in [1.29, 1.82) is 0 Å². The number of aromatic hydroxyl groups is 1. The summed E-state index contributed by atoms with van der Waals surface area (Å²) in [5, 5.41) is 12.7. The summed E-state index contributed by atoms with van der Waals surface area (Å²) in [5.74, 6) is 0.156. The van der Waals surface area contributed by atoms with Gasteiger partial charge in [-0.25, -0.2) is 13.4 Å². The number of anilines is 1. The maximum atomic E-state index is 12.5. The highest BCUT2D eigenvalue weighted by atomic mass is 32.2. The van der Waals surface area contributed by atoms with E-state index in [-0.39, 0.29) is 16.0 Å². The van der Waals surface area contributed by atoms with Gasteiger partial charge >= 0.3 is 0 Å². The predicted octanol–water partition coefficient (Wildman–Crippen LogP) is 4.54. The van der Waals surface area contributed by atoms with Crippen LogP contribution in [0.15, 0.2) is 68.6 Å². The lowest BCUT2D eigenvalue weighted by atomic mass is 10.1. The number of fused-ring (bicyclic) bond motifs is 2. The number of thiophene rings is 1. The van der Waals surface area contributed by atoms with Gasteiger partial charge in [0.2, 0.25) is 11.8 Å². The summed E-state index contributed by atoms with van der Waals surface area (Å²) in [4.78, 5) is 7.30. The Kier molecular flexibility index (Phi) is 3.68. The smallest absolute Gasteiger partial charge is 0.271 e. The molecule has 3 aromatic heterocycles. The Labute approximate surface area is 163 Å². The molecule has 0 saturated heterocycles. The van der Waals surface area contributed by atoms with Gasteiger partial charge in [-0.3, -0.25) is 4.72 Å². The average molecular weight is 411 g/mol. The topological polar surface area (TPSA) is 108 Å². The van der Waals surface area contributed by atoms with Crippen molar-refractivity contribution in [3.8, 4) is 17.3 Å². The number of nitrogens with one attached hydrogen (secondary N) is 2. The van der Waals surface area contributed by atoms with E-state index in [1.165, 1.54) is 6.07 Å². The Bertz CT molecular complexity index is 1380. The first kappa shape index (κ1) is 16.8. The lowest BCUT2D eigenvalue weighted by molar-refractivity contribution is 0.457. The maximum absolute atomic E-state index is 12.5. The molecule has 5 aromatic rings. The SMILES string of the molecule is O=S(=O)(Nc1ccc2[nH]c(O)c(-c3nc4ccccc4o3)c2c1)c1cccs1. The van der Waals surface area contributed by atoms with Crippen molar-refractivity contribution in [1.82, 2.24) is 9.97 Å². The zero-order valence-electron chi connectivity index (χ0n) is 14.2. The molecule has 0 amide bonds. The van der Waals surface area contributed by atoms with Gasteiger partial charge in [-0.15, -0.1) is 11.3 Å². The minimum atomic E-state index is -3.67. The first-order chi connectivity index (χ1) is 13.5. The molecule has 9 heteroatoms. The van der Waals surface area contributed by atoms with E-state index in [0.29, 0.717) is 33.3 Å². The molecule has 0 bridgehead atoms.